The van der Waals surface area contributed by atoms with E-state index in [1.165, 1.54) is 30.2 Å². The van der Waals surface area contributed by atoms with Crippen LogP contribution in [-0.4, -0.2) is 65.7 Å². The van der Waals surface area contributed by atoms with Crippen molar-refractivity contribution in [3.05, 3.63) is 29.3 Å². The van der Waals surface area contributed by atoms with Gasteiger partial charge in [0.05, 0.1) is 0 Å². The number of amides is 2. The Morgan fingerprint density at radius 2 is 2.00 bits per heavy atom. The first kappa shape index (κ1) is 18.0. The van der Waals surface area contributed by atoms with Crippen molar-refractivity contribution in [3.63, 3.8) is 0 Å². The second-order valence-corrected chi connectivity index (χ2v) is 8.82. The fourth-order valence-corrected chi connectivity index (χ4v) is 5.18. The Morgan fingerprint density at radius 1 is 1.23 bits per heavy atom. The van der Waals surface area contributed by atoms with Crippen molar-refractivity contribution < 1.29 is 9.53 Å². The molecule has 2 saturated heterocycles. The van der Waals surface area contributed by atoms with Crippen LogP contribution in [0.3, 0.4) is 0 Å². The standard InChI is InChI=1S/C20H29N3O2S/c1-15-12-17-13-16(2-3-19(17)25-15)14-21-20(24)23-6-4-18(5-7-23)22-8-10-26-11-9-22/h2-3,13,15,18H,4-12,14H2,1H3,(H,21,24). The monoisotopic (exact) mass is 375 g/mol. The average molecular weight is 376 g/mol. The Bertz CT molecular complexity index is 640. The molecule has 1 aromatic carbocycles. The van der Waals surface area contributed by atoms with E-state index in [4.69, 9.17) is 4.74 Å². The summed E-state index contributed by atoms with van der Waals surface area (Å²) in [5, 5.41) is 3.09. The number of piperidine rings is 1. The molecular weight excluding hydrogens is 346 g/mol. The van der Waals surface area contributed by atoms with E-state index in [1.54, 1.807) is 0 Å². The van der Waals surface area contributed by atoms with E-state index in [9.17, 15) is 4.79 Å². The molecule has 0 aromatic heterocycles. The van der Waals surface area contributed by atoms with Crippen molar-refractivity contribution >= 4 is 17.8 Å². The van der Waals surface area contributed by atoms with Gasteiger partial charge >= 0.3 is 6.03 Å². The minimum absolute atomic E-state index is 0.0720. The van der Waals surface area contributed by atoms with Gasteiger partial charge < -0.3 is 15.0 Å². The number of ether oxygens (including phenoxy) is 1. The van der Waals surface area contributed by atoms with Crippen molar-refractivity contribution in [2.24, 2.45) is 0 Å². The maximum atomic E-state index is 12.5. The molecule has 2 fully saturated rings. The highest BCUT2D eigenvalue weighted by molar-refractivity contribution is 7.99. The first-order valence-electron chi connectivity index (χ1n) is 9.82. The van der Waals surface area contributed by atoms with E-state index < -0.39 is 0 Å². The molecule has 5 nitrogen and oxygen atoms in total. The zero-order valence-electron chi connectivity index (χ0n) is 15.6. The number of hydrogen-bond acceptors (Lipinski definition) is 4. The highest BCUT2D eigenvalue weighted by Crippen LogP contribution is 2.29. The third-order valence-corrected chi connectivity index (χ3v) is 6.66. The van der Waals surface area contributed by atoms with E-state index in [0.717, 1.165) is 43.7 Å². The summed E-state index contributed by atoms with van der Waals surface area (Å²) in [5.41, 5.74) is 2.40. The number of nitrogens with one attached hydrogen (secondary N) is 1. The molecule has 2 amide bonds. The first-order chi connectivity index (χ1) is 12.7. The zero-order chi connectivity index (χ0) is 17.9. The third kappa shape index (κ3) is 4.12. The Balaban J connectivity index is 1.24. The summed E-state index contributed by atoms with van der Waals surface area (Å²) in [6.07, 6.45) is 3.42. The zero-order valence-corrected chi connectivity index (χ0v) is 16.4. The maximum Gasteiger partial charge on any atom is 0.317 e. The SMILES string of the molecule is CC1Cc2cc(CNC(=O)N3CCC(N4CCSCC4)CC3)ccc2O1. The second kappa shape index (κ2) is 8.09. The van der Waals surface area contributed by atoms with Crippen LogP contribution in [0.25, 0.3) is 0 Å². The Hall–Kier alpha value is -1.40. The van der Waals surface area contributed by atoms with Crippen molar-refractivity contribution in [2.75, 3.05) is 37.7 Å². The number of nitrogens with zero attached hydrogens (tertiary/aromatic N) is 2. The number of hydrogen-bond donors (Lipinski definition) is 1. The topological polar surface area (TPSA) is 44.8 Å². The van der Waals surface area contributed by atoms with Crippen LogP contribution in [0, 0.1) is 0 Å². The fourth-order valence-electron chi connectivity index (χ4n) is 4.25. The Morgan fingerprint density at radius 3 is 2.77 bits per heavy atom. The lowest BCUT2D eigenvalue weighted by atomic mass is 10.0. The van der Waals surface area contributed by atoms with Crippen LogP contribution in [0.15, 0.2) is 18.2 Å². The smallest absolute Gasteiger partial charge is 0.317 e. The summed E-state index contributed by atoms with van der Waals surface area (Å²) in [6, 6.07) is 6.99. The van der Waals surface area contributed by atoms with Crippen LogP contribution in [-0.2, 0) is 13.0 Å². The number of urea groups is 1. The van der Waals surface area contributed by atoms with Crippen molar-refractivity contribution in [3.8, 4) is 5.75 Å². The molecular formula is C20H29N3O2S. The quantitative estimate of drug-likeness (QED) is 0.882. The summed E-state index contributed by atoms with van der Waals surface area (Å²) in [5.74, 6) is 3.50. The lowest BCUT2D eigenvalue weighted by Gasteiger charge is -2.40. The first-order valence-corrected chi connectivity index (χ1v) is 11.0. The van der Waals surface area contributed by atoms with Gasteiger partial charge in [0.1, 0.15) is 11.9 Å². The molecule has 1 atom stereocenters. The molecule has 1 N–H and O–H groups in total. The predicted octanol–water partition coefficient (Wildman–Crippen LogP) is 2.73. The van der Waals surface area contributed by atoms with Gasteiger partial charge in [0.2, 0.25) is 0 Å². The summed E-state index contributed by atoms with van der Waals surface area (Å²) < 4.78 is 5.74. The molecule has 142 valence electrons. The lowest BCUT2D eigenvalue weighted by molar-refractivity contribution is 0.124. The van der Waals surface area contributed by atoms with Crippen molar-refractivity contribution in [1.82, 2.24) is 15.1 Å². The van der Waals surface area contributed by atoms with E-state index in [0.29, 0.717) is 12.6 Å². The predicted molar refractivity (Wildman–Crippen MR) is 106 cm³/mol. The van der Waals surface area contributed by atoms with E-state index in [2.05, 4.69) is 41.0 Å². The molecule has 0 spiro atoms. The van der Waals surface area contributed by atoms with Crippen LogP contribution in [0.1, 0.15) is 30.9 Å². The van der Waals surface area contributed by atoms with E-state index in [-0.39, 0.29) is 12.1 Å². The number of carbonyl (C=O) groups excluding carboxylic acids is 1. The van der Waals surface area contributed by atoms with Crippen LogP contribution < -0.4 is 10.1 Å². The molecule has 26 heavy (non-hydrogen) atoms. The Kier molecular flexibility index (Phi) is 5.60. The van der Waals surface area contributed by atoms with E-state index >= 15 is 0 Å². The lowest BCUT2D eigenvalue weighted by Crippen LogP contribution is -2.51. The molecule has 6 heteroatoms. The van der Waals surface area contributed by atoms with Gasteiger partial charge in [0.15, 0.2) is 0 Å². The molecule has 3 aliphatic rings. The highest BCUT2D eigenvalue weighted by Gasteiger charge is 2.27. The number of carbonyl (C=O) groups is 1. The van der Waals surface area contributed by atoms with Crippen LogP contribution >= 0.6 is 11.8 Å². The average Bonchev–Trinajstić information content (AvgIpc) is 3.06. The van der Waals surface area contributed by atoms with Gasteiger partial charge in [-0.2, -0.15) is 11.8 Å². The van der Waals surface area contributed by atoms with Gasteiger partial charge in [-0.1, -0.05) is 12.1 Å². The van der Waals surface area contributed by atoms with Crippen LogP contribution in [0.5, 0.6) is 5.75 Å². The highest BCUT2D eigenvalue weighted by atomic mass is 32.2. The minimum Gasteiger partial charge on any atom is -0.490 e. The third-order valence-electron chi connectivity index (χ3n) is 5.72. The maximum absolute atomic E-state index is 12.5. The number of likely N-dealkylation sites (tertiary alicyclic amines) is 1. The Labute approximate surface area is 160 Å². The molecule has 0 aliphatic carbocycles. The number of rotatable bonds is 3. The van der Waals surface area contributed by atoms with Gasteiger partial charge in [-0.3, -0.25) is 4.90 Å². The van der Waals surface area contributed by atoms with Gasteiger partial charge in [-0.25, -0.2) is 4.79 Å². The van der Waals surface area contributed by atoms with Crippen molar-refractivity contribution in [2.45, 2.75) is 44.9 Å². The summed E-state index contributed by atoms with van der Waals surface area (Å²) in [7, 11) is 0. The minimum atomic E-state index is 0.0720. The van der Waals surface area contributed by atoms with Crippen molar-refractivity contribution in [1.29, 1.82) is 0 Å². The molecule has 1 aromatic rings. The van der Waals surface area contributed by atoms with Gasteiger partial charge in [-0.15, -0.1) is 0 Å². The normalized spacial score (nSPS) is 24.2. The second-order valence-electron chi connectivity index (χ2n) is 7.60. The number of fused-ring (bicyclic) bond motifs is 1. The van der Waals surface area contributed by atoms with E-state index in [1.807, 2.05) is 11.0 Å². The van der Waals surface area contributed by atoms with Gasteiger partial charge in [-0.05, 0) is 37.0 Å². The molecule has 3 aliphatic heterocycles. The molecule has 4 rings (SSSR count). The molecule has 0 radical (unpaired) electrons. The largest absolute Gasteiger partial charge is 0.490 e. The van der Waals surface area contributed by atoms with Crippen LogP contribution in [0.4, 0.5) is 4.79 Å². The van der Waals surface area contributed by atoms with Crippen LogP contribution in [0.2, 0.25) is 0 Å². The number of benzene rings is 1. The fraction of sp³-hybridized carbons (Fsp3) is 0.650. The molecule has 0 bridgehead atoms. The molecule has 1 unspecified atom stereocenters. The van der Waals surface area contributed by atoms with Gasteiger partial charge in [0, 0.05) is 56.7 Å². The molecule has 0 saturated carbocycles. The summed E-state index contributed by atoms with van der Waals surface area (Å²) in [4.78, 5) is 17.1. The summed E-state index contributed by atoms with van der Waals surface area (Å²) >= 11 is 2.06. The van der Waals surface area contributed by atoms with Gasteiger partial charge in [0.25, 0.3) is 0 Å². The molecule has 3 heterocycles. The number of thioether (sulfide) groups is 1. The summed E-state index contributed by atoms with van der Waals surface area (Å²) in [6.45, 7) is 6.84.